The number of benzene rings is 1. The highest BCUT2D eigenvalue weighted by atomic mass is 32.1. The number of rotatable bonds is 5. The molecular weight excluding hydrogens is 276 g/mol. The monoisotopic (exact) mass is 292 g/mol. The van der Waals surface area contributed by atoms with Crippen LogP contribution in [0.5, 0.6) is 0 Å². The van der Waals surface area contributed by atoms with Gasteiger partial charge >= 0.3 is 0 Å². The molecule has 1 unspecified atom stereocenters. The zero-order chi connectivity index (χ0) is 14.7. The van der Waals surface area contributed by atoms with Gasteiger partial charge in [0.15, 0.2) is 0 Å². The van der Waals surface area contributed by atoms with Crippen LogP contribution in [-0.4, -0.2) is 21.7 Å². The van der Waals surface area contributed by atoms with E-state index in [9.17, 15) is 10.1 Å². The molecule has 1 heterocycles. The van der Waals surface area contributed by atoms with E-state index >= 15 is 0 Å². The van der Waals surface area contributed by atoms with Crippen LogP contribution in [-0.2, 0) is 0 Å². The van der Waals surface area contributed by atoms with Crippen LogP contribution in [0.3, 0.4) is 0 Å². The molecule has 0 aliphatic heterocycles. The number of aromatic nitrogens is 2. The first kappa shape index (κ1) is 14.5. The van der Waals surface area contributed by atoms with Gasteiger partial charge in [-0.25, -0.2) is 0 Å². The molecule has 6 nitrogen and oxygen atoms in total. The average Bonchev–Trinajstić information content (AvgIpc) is 2.88. The lowest BCUT2D eigenvalue weighted by atomic mass is 10.1. The number of nitro groups is 1. The summed E-state index contributed by atoms with van der Waals surface area (Å²) in [5.41, 5.74) is 1.50. The number of nitrogens with zero attached hydrogens (tertiary/aromatic N) is 3. The Morgan fingerprint density at radius 2 is 2.20 bits per heavy atom. The molecule has 1 atom stereocenters. The van der Waals surface area contributed by atoms with E-state index in [1.54, 1.807) is 13.0 Å². The van der Waals surface area contributed by atoms with Gasteiger partial charge in [0.05, 0.1) is 11.0 Å². The molecule has 7 heteroatoms. The van der Waals surface area contributed by atoms with Crippen molar-refractivity contribution in [3.05, 3.63) is 38.9 Å². The van der Waals surface area contributed by atoms with Crippen molar-refractivity contribution in [2.45, 2.75) is 26.8 Å². The second-order valence-electron chi connectivity index (χ2n) is 4.43. The van der Waals surface area contributed by atoms with E-state index in [1.165, 1.54) is 17.4 Å². The molecule has 0 saturated heterocycles. The van der Waals surface area contributed by atoms with Gasteiger partial charge in [-0.15, -0.1) is 10.2 Å². The second kappa shape index (κ2) is 6.06. The summed E-state index contributed by atoms with van der Waals surface area (Å²) >= 11 is 1.46. The number of nitrogens with one attached hydrogen (secondary N) is 1. The first-order valence-corrected chi connectivity index (χ1v) is 7.17. The van der Waals surface area contributed by atoms with Crippen molar-refractivity contribution in [1.82, 2.24) is 15.5 Å². The SMILES string of the molecule is CCNC(C)c1nnc(-c2cccc([N+](=O)[O-])c2C)s1. The molecule has 0 saturated carbocycles. The molecule has 0 aliphatic rings. The third-order valence-corrected chi connectivity index (χ3v) is 4.19. The van der Waals surface area contributed by atoms with E-state index in [4.69, 9.17) is 0 Å². The van der Waals surface area contributed by atoms with Gasteiger partial charge in [-0.05, 0) is 20.4 Å². The van der Waals surface area contributed by atoms with Gasteiger partial charge < -0.3 is 5.32 Å². The summed E-state index contributed by atoms with van der Waals surface area (Å²) in [7, 11) is 0. The van der Waals surface area contributed by atoms with Gasteiger partial charge in [0.1, 0.15) is 10.0 Å². The molecule has 0 spiro atoms. The van der Waals surface area contributed by atoms with Gasteiger partial charge in [-0.2, -0.15) is 0 Å². The fourth-order valence-electron chi connectivity index (χ4n) is 1.96. The van der Waals surface area contributed by atoms with Crippen LogP contribution in [0.15, 0.2) is 18.2 Å². The second-order valence-corrected chi connectivity index (χ2v) is 5.44. The van der Waals surface area contributed by atoms with Crippen LogP contribution in [0.1, 0.15) is 30.5 Å². The number of hydrogen-bond acceptors (Lipinski definition) is 6. The van der Waals surface area contributed by atoms with Crippen LogP contribution in [0.2, 0.25) is 0 Å². The van der Waals surface area contributed by atoms with Crippen molar-refractivity contribution in [3.63, 3.8) is 0 Å². The molecule has 0 aliphatic carbocycles. The highest BCUT2D eigenvalue weighted by Gasteiger charge is 2.18. The maximum Gasteiger partial charge on any atom is 0.273 e. The Labute approximate surface area is 121 Å². The highest BCUT2D eigenvalue weighted by Crippen LogP contribution is 2.32. The summed E-state index contributed by atoms with van der Waals surface area (Å²) < 4.78 is 0. The van der Waals surface area contributed by atoms with E-state index in [0.29, 0.717) is 10.6 Å². The molecule has 1 aromatic heterocycles. The molecule has 2 rings (SSSR count). The van der Waals surface area contributed by atoms with Gasteiger partial charge in [0.2, 0.25) is 0 Å². The maximum absolute atomic E-state index is 11.0. The van der Waals surface area contributed by atoms with Crippen molar-refractivity contribution in [2.24, 2.45) is 0 Å². The lowest BCUT2D eigenvalue weighted by molar-refractivity contribution is -0.385. The zero-order valence-corrected chi connectivity index (χ0v) is 12.4. The van der Waals surface area contributed by atoms with E-state index in [1.807, 2.05) is 19.9 Å². The minimum Gasteiger partial charge on any atom is -0.308 e. The Morgan fingerprint density at radius 1 is 1.45 bits per heavy atom. The Morgan fingerprint density at radius 3 is 2.85 bits per heavy atom. The molecule has 1 aromatic carbocycles. The van der Waals surface area contributed by atoms with Crippen LogP contribution < -0.4 is 5.32 Å². The van der Waals surface area contributed by atoms with E-state index in [0.717, 1.165) is 17.1 Å². The lowest BCUT2D eigenvalue weighted by Gasteiger charge is -2.06. The Balaban J connectivity index is 2.38. The van der Waals surface area contributed by atoms with Crippen LogP contribution in [0, 0.1) is 17.0 Å². The predicted octanol–water partition coefficient (Wildman–Crippen LogP) is 3.09. The lowest BCUT2D eigenvalue weighted by Crippen LogP contribution is -2.17. The number of hydrogen-bond donors (Lipinski definition) is 1. The Hall–Kier alpha value is -1.86. The van der Waals surface area contributed by atoms with Gasteiger partial charge in [-0.3, -0.25) is 10.1 Å². The first-order valence-electron chi connectivity index (χ1n) is 6.35. The van der Waals surface area contributed by atoms with Gasteiger partial charge in [-0.1, -0.05) is 30.4 Å². The molecule has 106 valence electrons. The van der Waals surface area contributed by atoms with Crippen LogP contribution in [0.4, 0.5) is 5.69 Å². The van der Waals surface area contributed by atoms with Crippen molar-refractivity contribution in [1.29, 1.82) is 0 Å². The fourth-order valence-corrected chi connectivity index (χ4v) is 2.92. The third kappa shape index (κ3) is 2.83. The molecule has 20 heavy (non-hydrogen) atoms. The molecule has 0 fully saturated rings. The minimum absolute atomic E-state index is 0.110. The summed E-state index contributed by atoms with van der Waals surface area (Å²) in [5.74, 6) is 0. The van der Waals surface area contributed by atoms with E-state index in [-0.39, 0.29) is 16.7 Å². The molecule has 0 bridgehead atoms. The topological polar surface area (TPSA) is 81.0 Å². The molecular formula is C13H16N4O2S. The zero-order valence-electron chi connectivity index (χ0n) is 11.6. The third-order valence-electron chi connectivity index (χ3n) is 3.05. The fraction of sp³-hybridized carbons (Fsp3) is 0.385. The normalized spacial score (nSPS) is 12.3. The van der Waals surface area contributed by atoms with Crippen molar-refractivity contribution >= 4 is 17.0 Å². The molecule has 1 N–H and O–H groups in total. The van der Waals surface area contributed by atoms with Crippen molar-refractivity contribution in [2.75, 3.05) is 6.54 Å². The number of nitro benzene ring substituents is 1. The summed E-state index contributed by atoms with van der Waals surface area (Å²) in [5, 5.41) is 24.2. The average molecular weight is 292 g/mol. The Kier molecular flexibility index (Phi) is 4.41. The minimum atomic E-state index is -0.373. The maximum atomic E-state index is 11.0. The summed E-state index contributed by atoms with van der Waals surface area (Å²) in [4.78, 5) is 10.6. The summed E-state index contributed by atoms with van der Waals surface area (Å²) in [6, 6.07) is 5.15. The largest absolute Gasteiger partial charge is 0.308 e. The van der Waals surface area contributed by atoms with Crippen LogP contribution in [0.25, 0.3) is 10.6 Å². The van der Waals surface area contributed by atoms with Gasteiger partial charge in [0.25, 0.3) is 5.69 Å². The molecule has 2 aromatic rings. The first-order chi connectivity index (χ1) is 9.54. The van der Waals surface area contributed by atoms with E-state index < -0.39 is 0 Å². The Bertz CT molecular complexity index is 627. The standard InChI is InChI=1S/C13H16N4O2S/c1-4-14-9(3)12-15-16-13(20-12)10-6-5-7-11(8(10)2)17(18)19/h5-7,9,14H,4H2,1-3H3. The predicted molar refractivity (Wildman–Crippen MR) is 78.8 cm³/mol. The summed E-state index contributed by atoms with van der Waals surface area (Å²) in [6.45, 7) is 6.64. The quantitative estimate of drug-likeness (QED) is 0.676. The summed E-state index contributed by atoms with van der Waals surface area (Å²) in [6.07, 6.45) is 0. The van der Waals surface area contributed by atoms with Crippen molar-refractivity contribution in [3.8, 4) is 10.6 Å². The van der Waals surface area contributed by atoms with E-state index in [2.05, 4.69) is 15.5 Å². The molecule has 0 radical (unpaired) electrons. The smallest absolute Gasteiger partial charge is 0.273 e. The van der Waals surface area contributed by atoms with Crippen LogP contribution >= 0.6 is 11.3 Å². The van der Waals surface area contributed by atoms with Gasteiger partial charge in [0, 0.05) is 17.2 Å². The van der Waals surface area contributed by atoms with Crippen molar-refractivity contribution < 1.29 is 4.92 Å². The molecule has 0 amide bonds. The highest BCUT2D eigenvalue weighted by molar-refractivity contribution is 7.14.